The normalized spacial score (nSPS) is 20.0. The van der Waals surface area contributed by atoms with Crippen molar-refractivity contribution in [2.75, 3.05) is 36.5 Å². The average molecular weight is 647 g/mol. The van der Waals surface area contributed by atoms with Gasteiger partial charge in [-0.05, 0) is 75.6 Å². The molecule has 1 aliphatic heterocycles. The lowest BCUT2D eigenvalue weighted by Crippen LogP contribution is -2.46. The quantitative estimate of drug-likeness (QED) is 0.151. The lowest BCUT2D eigenvalue weighted by Gasteiger charge is -2.42. The Morgan fingerprint density at radius 2 is 1.35 bits per heavy atom. The second-order valence-corrected chi connectivity index (χ2v) is 12.0. The Morgan fingerprint density at radius 3 is 1.94 bits per heavy atom. The molecule has 0 saturated heterocycles. The van der Waals surface area contributed by atoms with Crippen molar-refractivity contribution in [3.8, 4) is 5.69 Å². The van der Waals surface area contributed by atoms with E-state index in [1.54, 1.807) is 13.8 Å². The molecule has 6 rings (SSSR count). The molecular weight excluding hydrogens is 604 g/mol. The molecule has 0 spiro atoms. The fourth-order valence-electron chi connectivity index (χ4n) is 7.30. The van der Waals surface area contributed by atoms with Gasteiger partial charge < -0.3 is 19.7 Å². The summed E-state index contributed by atoms with van der Waals surface area (Å²) >= 11 is 0. The summed E-state index contributed by atoms with van der Waals surface area (Å²) in [6.45, 7) is 11.5. The number of Topliss-reactive ketones (excluding diaryl/α,β-unsaturated/α-hetero) is 1. The number of aromatic nitrogens is 2. The third kappa shape index (κ3) is 5.67. The van der Waals surface area contributed by atoms with Crippen LogP contribution in [0.2, 0.25) is 0 Å². The van der Waals surface area contributed by atoms with E-state index in [0.29, 0.717) is 33.8 Å². The third-order valence-corrected chi connectivity index (χ3v) is 9.39. The van der Waals surface area contributed by atoms with E-state index in [9.17, 15) is 9.59 Å². The summed E-state index contributed by atoms with van der Waals surface area (Å²) in [4.78, 5) is 45.5. The zero-order valence-electron chi connectivity index (χ0n) is 28.1. The first-order valence-electron chi connectivity index (χ1n) is 16.8. The Labute approximate surface area is 281 Å². The summed E-state index contributed by atoms with van der Waals surface area (Å²) in [5, 5.41) is 8.59. The van der Waals surface area contributed by atoms with Crippen molar-refractivity contribution in [3.05, 3.63) is 113 Å². The van der Waals surface area contributed by atoms with Crippen molar-refractivity contribution < 1.29 is 23.9 Å². The summed E-state index contributed by atoms with van der Waals surface area (Å²) in [7, 11) is 0. The fraction of sp³-hybridized carbons (Fsp3) is 0.333. The van der Waals surface area contributed by atoms with Crippen LogP contribution < -0.4 is 10.2 Å². The molecular formula is C39H42N4O5. The molecule has 1 N–H and O–H groups in total. The second kappa shape index (κ2) is 13.9. The summed E-state index contributed by atoms with van der Waals surface area (Å²) in [5.74, 6) is -3.97. The van der Waals surface area contributed by atoms with Gasteiger partial charge in [-0.2, -0.15) is 5.10 Å². The number of benzene rings is 3. The van der Waals surface area contributed by atoms with E-state index in [2.05, 4.69) is 24.1 Å². The first-order valence-corrected chi connectivity index (χ1v) is 16.8. The second-order valence-electron chi connectivity index (χ2n) is 12.0. The minimum absolute atomic E-state index is 0.0989. The van der Waals surface area contributed by atoms with Gasteiger partial charge in [0.05, 0.1) is 36.6 Å². The zero-order valence-corrected chi connectivity index (χ0v) is 28.1. The van der Waals surface area contributed by atoms with Crippen molar-refractivity contribution in [1.29, 1.82) is 0 Å². The molecule has 9 nitrogen and oxygen atoms in total. The maximum Gasteiger partial charge on any atom is 0.317 e. The number of fused-ring (bicyclic) bond motifs is 2. The number of ketones is 1. The van der Waals surface area contributed by atoms with E-state index in [0.717, 1.165) is 30.0 Å². The number of esters is 2. The molecule has 4 aromatic rings. The lowest BCUT2D eigenvalue weighted by atomic mass is 9.61. The van der Waals surface area contributed by atoms with E-state index in [4.69, 9.17) is 14.6 Å². The van der Waals surface area contributed by atoms with Crippen LogP contribution in [0.4, 0.5) is 11.5 Å². The third-order valence-electron chi connectivity index (χ3n) is 9.39. The Kier molecular flexibility index (Phi) is 9.48. The van der Waals surface area contributed by atoms with E-state index < -0.39 is 35.7 Å². The van der Waals surface area contributed by atoms with Gasteiger partial charge in [-0.25, -0.2) is 4.68 Å². The molecule has 0 amide bonds. The average Bonchev–Trinajstić information content (AvgIpc) is 3.45. The molecule has 3 aromatic carbocycles. The number of nitrogens with zero attached hydrogens (tertiary/aromatic N) is 3. The van der Waals surface area contributed by atoms with Gasteiger partial charge in [-0.15, -0.1) is 0 Å². The number of aryl methyl sites for hydroxylation is 1. The molecule has 1 aliphatic carbocycles. The summed E-state index contributed by atoms with van der Waals surface area (Å²) in [6, 6.07) is 26.4. The number of anilines is 2. The molecule has 9 heteroatoms. The number of hydrogen-bond donors (Lipinski definition) is 1. The number of para-hydroxylation sites is 1. The molecule has 0 saturated carbocycles. The monoisotopic (exact) mass is 646 g/mol. The molecule has 0 unspecified atom stereocenters. The van der Waals surface area contributed by atoms with Gasteiger partial charge in [-0.1, -0.05) is 60.7 Å². The van der Waals surface area contributed by atoms with Gasteiger partial charge in [0, 0.05) is 35.8 Å². The van der Waals surface area contributed by atoms with Crippen molar-refractivity contribution in [1.82, 2.24) is 9.78 Å². The Hall–Kier alpha value is -5.18. The van der Waals surface area contributed by atoms with Crippen LogP contribution in [0.15, 0.2) is 90.5 Å². The maximum atomic E-state index is 15.0. The molecule has 2 heterocycles. The van der Waals surface area contributed by atoms with Gasteiger partial charge >= 0.3 is 11.9 Å². The van der Waals surface area contributed by atoms with Crippen LogP contribution in [0.25, 0.3) is 11.3 Å². The molecule has 1 aromatic heterocycles. The number of nitrogens with one attached hydrogen (secondary N) is 1. The Bertz CT molecular complexity index is 1830. The van der Waals surface area contributed by atoms with Gasteiger partial charge in [-0.3, -0.25) is 14.4 Å². The molecule has 4 atom stereocenters. The summed E-state index contributed by atoms with van der Waals surface area (Å²) in [5.41, 5.74) is 5.60. The molecule has 0 radical (unpaired) electrons. The lowest BCUT2D eigenvalue weighted by molar-refractivity contribution is -0.154. The highest BCUT2D eigenvalue weighted by molar-refractivity contribution is 6.19. The number of carbonyl (C=O) groups is 3. The molecule has 48 heavy (non-hydrogen) atoms. The summed E-state index contributed by atoms with van der Waals surface area (Å²) < 4.78 is 13.2. The van der Waals surface area contributed by atoms with Crippen LogP contribution in [0.3, 0.4) is 0 Å². The van der Waals surface area contributed by atoms with E-state index in [-0.39, 0.29) is 19.0 Å². The zero-order chi connectivity index (χ0) is 33.9. The van der Waals surface area contributed by atoms with Gasteiger partial charge in [0.25, 0.3) is 0 Å². The minimum atomic E-state index is -1.26. The van der Waals surface area contributed by atoms with Crippen LogP contribution >= 0.6 is 0 Å². The predicted octanol–water partition coefficient (Wildman–Crippen LogP) is 6.67. The highest BCUT2D eigenvalue weighted by Gasteiger charge is 2.55. The van der Waals surface area contributed by atoms with Gasteiger partial charge in [0.2, 0.25) is 0 Å². The number of hydrogen-bond acceptors (Lipinski definition) is 8. The largest absolute Gasteiger partial charge is 0.466 e. The number of ether oxygens (including phenoxy) is 2. The maximum absolute atomic E-state index is 15.0. The highest BCUT2D eigenvalue weighted by Crippen LogP contribution is 2.55. The van der Waals surface area contributed by atoms with Crippen molar-refractivity contribution in [2.45, 2.75) is 46.6 Å². The van der Waals surface area contributed by atoms with Crippen molar-refractivity contribution in [3.63, 3.8) is 0 Å². The number of rotatable bonds is 10. The van der Waals surface area contributed by atoms with Crippen LogP contribution in [0.1, 0.15) is 62.0 Å². The minimum Gasteiger partial charge on any atom is -0.466 e. The van der Waals surface area contributed by atoms with E-state index in [1.807, 2.05) is 96.5 Å². The highest BCUT2D eigenvalue weighted by atomic mass is 16.5. The van der Waals surface area contributed by atoms with Crippen LogP contribution in [-0.4, -0.2) is 53.8 Å². The van der Waals surface area contributed by atoms with E-state index >= 15 is 4.79 Å². The fourth-order valence-corrected chi connectivity index (χ4v) is 7.30. The smallest absolute Gasteiger partial charge is 0.317 e. The molecule has 248 valence electrons. The summed E-state index contributed by atoms with van der Waals surface area (Å²) in [6.07, 6.45) is 0. The standard InChI is InChI=1S/C39H42N4O5/c1-6-42(7-2)27-22-20-26(21-23-27)35-33-31(29-24(5)41-43(37(29)40-35)28-18-14-11-15-19-28)32(38(45)47-8-3)30(25-16-12-10-13-17-25)34(36(33)44)39(46)48-9-4/h10-23,30,32,34-35,40H,6-9H2,1-5H3/t30-,32-,34-,35+/m0/s1. The number of carbonyl (C=O) groups excluding carboxylic acids is 3. The molecule has 0 bridgehead atoms. The van der Waals surface area contributed by atoms with Gasteiger partial charge in [0.1, 0.15) is 11.7 Å². The Balaban J connectivity index is 1.66. The van der Waals surface area contributed by atoms with Crippen molar-refractivity contribution in [2.24, 2.45) is 11.8 Å². The first kappa shape index (κ1) is 32.7. The Morgan fingerprint density at radius 1 is 0.771 bits per heavy atom. The predicted molar refractivity (Wildman–Crippen MR) is 186 cm³/mol. The first-order chi connectivity index (χ1) is 23.3. The van der Waals surface area contributed by atoms with Crippen LogP contribution in [-0.2, 0) is 23.9 Å². The van der Waals surface area contributed by atoms with Gasteiger partial charge in [0.15, 0.2) is 5.78 Å². The van der Waals surface area contributed by atoms with Crippen LogP contribution in [0, 0.1) is 18.8 Å². The topological polar surface area (TPSA) is 103 Å². The van der Waals surface area contributed by atoms with Crippen LogP contribution in [0.5, 0.6) is 0 Å². The molecule has 2 aliphatic rings. The van der Waals surface area contributed by atoms with E-state index in [1.165, 1.54) is 0 Å². The van der Waals surface area contributed by atoms with Crippen molar-refractivity contribution >= 4 is 34.8 Å². The SMILES string of the molecule is CCOC(=O)[C@@H]1C(=O)C2=C(c3c(C)nn(-c4ccccc4)c3N[C@@H]2c2ccc(N(CC)CC)cc2)[C@@H](C(=O)OCC)[C@@H]1c1ccccc1. The molecule has 0 fully saturated rings.